The molecule has 0 bridgehead atoms. The van der Waals surface area contributed by atoms with Crippen LogP contribution in [0, 0.1) is 0 Å². The van der Waals surface area contributed by atoms with Gasteiger partial charge in [0.15, 0.2) is 0 Å². The van der Waals surface area contributed by atoms with E-state index >= 15 is 0 Å². The summed E-state index contributed by atoms with van der Waals surface area (Å²) in [7, 11) is 0. The van der Waals surface area contributed by atoms with Crippen molar-refractivity contribution in [2.24, 2.45) is 0 Å². The van der Waals surface area contributed by atoms with Crippen LogP contribution in [0.4, 0.5) is 0 Å². The largest absolute Gasteiger partial charge is 0.506 e. The van der Waals surface area contributed by atoms with Crippen LogP contribution in [0.15, 0.2) is 137 Å². The number of phenols is 1. The molecule has 3 N–H and O–H groups in total. The van der Waals surface area contributed by atoms with Gasteiger partial charge in [0.2, 0.25) is 0 Å². The van der Waals surface area contributed by atoms with Gasteiger partial charge in [0.1, 0.15) is 29.1 Å². The molecule has 7 rings (SSSR count). The number of H-pyrrole nitrogens is 2. The summed E-state index contributed by atoms with van der Waals surface area (Å²) >= 11 is 0. The topological polar surface area (TPSA) is 105 Å². The molecule has 0 spiro atoms. The number of fused-ring (bicyclic) bond motifs is 2. The highest BCUT2D eigenvalue weighted by Gasteiger charge is 2.12. The van der Waals surface area contributed by atoms with Gasteiger partial charge in [-0.2, -0.15) is 0 Å². The molecule has 8 nitrogen and oxygen atoms in total. The summed E-state index contributed by atoms with van der Waals surface area (Å²) in [6.45, 7) is 1.48. The van der Waals surface area contributed by atoms with Crippen molar-refractivity contribution in [2.75, 3.05) is 0 Å². The quantitative estimate of drug-likeness (QED) is 0.217. The summed E-state index contributed by atoms with van der Waals surface area (Å²) in [6.07, 6.45) is 0. The molecule has 8 heteroatoms. The second kappa shape index (κ2) is 12.4. The Hall–Kier alpha value is -5.76. The van der Waals surface area contributed by atoms with Crippen molar-refractivity contribution in [1.82, 2.24) is 19.1 Å². The molecule has 0 saturated heterocycles. The third-order valence-corrected chi connectivity index (χ3v) is 7.16. The van der Waals surface area contributed by atoms with Gasteiger partial charge in [0, 0.05) is 0 Å². The Morgan fingerprint density at radius 2 is 1.00 bits per heavy atom. The van der Waals surface area contributed by atoms with E-state index in [1.54, 1.807) is 21.3 Å². The first-order chi connectivity index (χ1) is 21.1. The van der Waals surface area contributed by atoms with Crippen LogP contribution >= 0.6 is 0 Å². The van der Waals surface area contributed by atoms with Crippen LogP contribution in [0.25, 0.3) is 22.1 Å². The Balaban J connectivity index is 0.000000162. The first-order valence-electron chi connectivity index (χ1n) is 13.9. The number of ether oxygens (including phenoxy) is 1. The summed E-state index contributed by atoms with van der Waals surface area (Å²) in [5, 5.41) is 9.69. The van der Waals surface area contributed by atoms with Gasteiger partial charge in [-0.15, -0.1) is 0 Å². The molecule has 5 aromatic carbocycles. The molecule has 2 heterocycles. The monoisotopic (exact) mass is 570 g/mol. The van der Waals surface area contributed by atoms with Crippen LogP contribution in [0.5, 0.6) is 11.5 Å². The van der Waals surface area contributed by atoms with E-state index in [-0.39, 0.29) is 17.1 Å². The lowest BCUT2D eigenvalue weighted by molar-refractivity contribution is 0.309. The minimum atomic E-state index is -0.213. The number of phenolic OH excluding ortho intramolecular Hbond substituents is 1. The number of benzene rings is 5. The Labute approximate surface area is 247 Å². The van der Waals surface area contributed by atoms with Gasteiger partial charge in [-0.25, -0.2) is 9.59 Å². The predicted molar refractivity (Wildman–Crippen MR) is 169 cm³/mol. The second-order valence-electron chi connectivity index (χ2n) is 10.1. The van der Waals surface area contributed by atoms with Crippen molar-refractivity contribution in [1.29, 1.82) is 0 Å². The van der Waals surface area contributed by atoms with E-state index < -0.39 is 0 Å². The molecule has 0 aliphatic heterocycles. The SMILES string of the molecule is O=c1[nH]c2c(O)cccc2n1Cc1ccccc1.O=c1[nH]c2c(OCc3ccccc3)cccc2n1Cc1ccccc1. The lowest BCUT2D eigenvalue weighted by Crippen LogP contribution is -2.17. The normalized spacial score (nSPS) is 10.9. The minimum Gasteiger partial charge on any atom is -0.506 e. The van der Waals surface area contributed by atoms with Gasteiger partial charge in [0.05, 0.1) is 24.1 Å². The van der Waals surface area contributed by atoms with Crippen LogP contribution in [-0.2, 0) is 19.7 Å². The van der Waals surface area contributed by atoms with Gasteiger partial charge >= 0.3 is 11.4 Å². The highest BCUT2D eigenvalue weighted by molar-refractivity contribution is 5.82. The van der Waals surface area contributed by atoms with Gasteiger partial charge in [-0.3, -0.25) is 9.13 Å². The van der Waals surface area contributed by atoms with Gasteiger partial charge in [-0.1, -0.05) is 103 Å². The van der Waals surface area contributed by atoms with E-state index in [4.69, 9.17) is 4.74 Å². The summed E-state index contributed by atoms with van der Waals surface area (Å²) in [5.74, 6) is 0.779. The molecule has 214 valence electrons. The summed E-state index contributed by atoms with van der Waals surface area (Å²) in [4.78, 5) is 29.9. The van der Waals surface area contributed by atoms with E-state index in [1.165, 1.54) is 0 Å². The van der Waals surface area contributed by atoms with Crippen molar-refractivity contribution in [2.45, 2.75) is 19.7 Å². The Kier molecular flexibility index (Phi) is 7.91. The van der Waals surface area contributed by atoms with Crippen molar-refractivity contribution in [3.8, 4) is 11.5 Å². The number of aromatic nitrogens is 4. The number of para-hydroxylation sites is 2. The molecule has 0 unspecified atom stereocenters. The maximum Gasteiger partial charge on any atom is 0.326 e. The van der Waals surface area contributed by atoms with Crippen LogP contribution in [0.1, 0.15) is 16.7 Å². The zero-order valence-corrected chi connectivity index (χ0v) is 23.3. The lowest BCUT2D eigenvalue weighted by atomic mass is 10.2. The van der Waals surface area contributed by atoms with E-state index in [0.29, 0.717) is 36.5 Å². The average molecular weight is 571 g/mol. The van der Waals surface area contributed by atoms with E-state index in [0.717, 1.165) is 27.7 Å². The molecule has 0 saturated carbocycles. The maximum atomic E-state index is 12.4. The third-order valence-electron chi connectivity index (χ3n) is 7.16. The fourth-order valence-corrected chi connectivity index (χ4v) is 5.02. The first kappa shape index (κ1) is 27.4. The van der Waals surface area contributed by atoms with E-state index in [2.05, 4.69) is 9.97 Å². The van der Waals surface area contributed by atoms with Gasteiger partial charge < -0.3 is 19.8 Å². The van der Waals surface area contributed by atoms with Crippen molar-refractivity contribution < 1.29 is 9.84 Å². The lowest BCUT2D eigenvalue weighted by Gasteiger charge is -2.08. The molecule has 0 aliphatic carbocycles. The summed E-state index contributed by atoms with van der Waals surface area (Å²) in [6, 6.07) is 40.5. The van der Waals surface area contributed by atoms with Crippen molar-refractivity contribution >= 4 is 22.1 Å². The number of nitrogens with zero attached hydrogens (tertiary/aromatic N) is 2. The van der Waals surface area contributed by atoms with Crippen LogP contribution in [-0.4, -0.2) is 24.2 Å². The third kappa shape index (κ3) is 6.13. The Morgan fingerprint density at radius 1 is 0.535 bits per heavy atom. The Morgan fingerprint density at radius 3 is 1.56 bits per heavy atom. The fourth-order valence-electron chi connectivity index (χ4n) is 5.02. The molecular formula is C35H30N4O4. The highest BCUT2D eigenvalue weighted by Crippen LogP contribution is 2.24. The zero-order valence-electron chi connectivity index (χ0n) is 23.3. The Bertz CT molecular complexity index is 2080. The average Bonchev–Trinajstić information content (AvgIpc) is 3.54. The van der Waals surface area contributed by atoms with Crippen LogP contribution in [0.3, 0.4) is 0 Å². The first-order valence-corrected chi connectivity index (χ1v) is 13.9. The second-order valence-corrected chi connectivity index (χ2v) is 10.1. The van der Waals surface area contributed by atoms with E-state index in [9.17, 15) is 14.7 Å². The van der Waals surface area contributed by atoms with Gasteiger partial charge in [-0.05, 0) is 41.0 Å². The number of hydrogen-bond acceptors (Lipinski definition) is 4. The zero-order chi connectivity index (χ0) is 29.6. The minimum absolute atomic E-state index is 0.0939. The molecule has 0 amide bonds. The van der Waals surface area contributed by atoms with Crippen LogP contribution in [0.2, 0.25) is 0 Å². The molecule has 2 aromatic heterocycles. The van der Waals surface area contributed by atoms with Crippen LogP contribution < -0.4 is 16.1 Å². The number of aromatic amines is 2. The molecule has 0 fully saturated rings. The number of imidazole rings is 2. The molecule has 0 atom stereocenters. The smallest absolute Gasteiger partial charge is 0.326 e. The molecular weight excluding hydrogens is 540 g/mol. The number of nitrogens with one attached hydrogen (secondary N) is 2. The molecule has 0 aliphatic rings. The summed E-state index contributed by atoms with van der Waals surface area (Å²) < 4.78 is 9.29. The standard InChI is InChI=1S/C21H18N2O2.C14H12N2O2/c24-21-22-20-18(23(21)14-16-8-3-1-4-9-16)12-7-13-19(20)25-15-17-10-5-2-6-11-17;17-12-8-4-7-11-13(12)15-14(18)16(11)9-10-5-2-1-3-6-10/h1-13H,14-15H2,(H,22,24);1-8,17H,9H2,(H,15,18). The van der Waals surface area contributed by atoms with E-state index in [1.807, 2.05) is 115 Å². The number of hydrogen-bond donors (Lipinski definition) is 3. The number of rotatable bonds is 7. The van der Waals surface area contributed by atoms with Crippen molar-refractivity contribution in [3.05, 3.63) is 165 Å². The molecule has 7 aromatic rings. The maximum absolute atomic E-state index is 12.4. The predicted octanol–water partition coefficient (Wildman–Crippen LogP) is 6.04. The molecule has 43 heavy (non-hydrogen) atoms. The fraction of sp³-hybridized carbons (Fsp3) is 0.0857. The molecule has 0 radical (unpaired) electrons. The van der Waals surface area contributed by atoms with Crippen molar-refractivity contribution in [3.63, 3.8) is 0 Å². The summed E-state index contributed by atoms with van der Waals surface area (Å²) in [5.41, 5.74) is 5.65. The highest BCUT2D eigenvalue weighted by atomic mass is 16.5. The van der Waals surface area contributed by atoms with Gasteiger partial charge in [0.25, 0.3) is 0 Å². The number of aromatic hydroxyl groups is 1.